The van der Waals surface area contributed by atoms with Crippen molar-refractivity contribution in [2.24, 2.45) is 5.41 Å². The molecule has 1 aromatic rings. The van der Waals surface area contributed by atoms with Crippen LogP contribution < -0.4 is 10.1 Å². The van der Waals surface area contributed by atoms with Gasteiger partial charge in [0, 0.05) is 6.04 Å². The van der Waals surface area contributed by atoms with E-state index in [1.165, 1.54) is 18.4 Å². The van der Waals surface area contributed by atoms with Gasteiger partial charge in [0.1, 0.15) is 5.75 Å². The van der Waals surface area contributed by atoms with Crippen LogP contribution in [-0.2, 0) is 6.42 Å². The highest BCUT2D eigenvalue weighted by molar-refractivity contribution is 5.28. The first-order chi connectivity index (χ1) is 8.14. The summed E-state index contributed by atoms with van der Waals surface area (Å²) in [6.07, 6.45) is 3.82. The molecule has 0 bridgehead atoms. The van der Waals surface area contributed by atoms with Crippen LogP contribution in [-0.4, -0.2) is 19.7 Å². The number of benzene rings is 1. The van der Waals surface area contributed by atoms with Crippen molar-refractivity contribution in [3.05, 3.63) is 29.8 Å². The van der Waals surface area contributed by atoms with Gasteiger partial charge in [0.2, 0.25) is 0 Å². The molecule has 2 rings (SSSR count). The van der Waals surface area contributed by atoms with E-state index in [9.17, 15) is 0 Å². The summed E-state index contributed by atoms with van der Waals surface area (Å²) in [5.41, 5.74) is 1.90. The van der Waals surface area contributed by atoms with Gasteiger partial charge < -0.3 is 10.1 Å². The minimum absolute atomic E-state index is 0.564. The fourth-order valence-corrected chi connectivity index (χ4v) is 2.14. The number of rotatable bonds is 6. The van der Waals surface area contributed by atoms with Crippen molar-refractivity contribution < 1.29 is 4.74 Å². The van der Waals surface area contributed by atoms with E-state index in [1.807, 2.05) is 6.07 Å². The van der Waals surface area contributed by atoms with Crippen molar-refractivity contribution in [1.82, 2.24) is 5.32 Å². The van der Waals surface area contributed by atoms with Gasteiger partial charge >= 0.3 is 0 Å². The number of ether oxygens (including phenoxy) is 1. The van der Waals surface area contributed by atoms with Crippen LogP contribution in [0.5, 0.6) is 5.75 Å². The highest BCUT2D eigenvalue weighted by Gasteiger charge is 2.41. The first kappa shape index (κ1) is 12.4. The Labute approximate surface area is 104 Å². The SMILES string of the molecule is COc1cccc(CCNC(C)C2(C)CC2)c1. The lowest BCUT2D eigenvalue weighted by Gasteiger charge is -2.20. The molecule has 1 saturated carbocycles. The molecule has 0 heterocycles. The van der Waals surface area contributed by atoms with Crippen molar-refractivity contribution in [3.8, 4) is 5.75 Å². The van der Waals surface area contributed by atoms with Crippen LogP contribution in [0.15, 0.2) is 24.3 Å². The topological polar surface area (TPSA) is 21.3 Å². The average molecular weight is 233 g/mol. The van der Waals surface area contributed by atoms with Crippen molar-refractivity contribution in [3.63, 3.8) is 0 Å². The van der Waals surface area contributed by atoms with Crippen LogP contribution in [0.1, 0.15) is 32.3 Å². The van der Waals surface area contributed by atoms with Gasteiger partial charge in [-0.2, -0.15) is 0 Å². The molecular formula is C15H23NO. The lowest BCUT2D eigenvalue weighted by atomic mass is 10.0. The standard InChI is InChI=1S/C15H23NO/c1-12(15(2)8-9-15)16-10-7-13-5-4-6-14(11-13)17-3/h4-6,11-12,16H,7-10H2,1-3H3. The predicted molar refractivity (Wildman–Crippen MR) is 71.5 cm³/mol. The second-order valence-corrected chi connectivity index (χ2v) is 5.43. The Morgan fingerprint density at radius 1 is 1.41 bits per heavy atom. The summed E-state index contributed by atoms with van der Waals surface area (Å²) in [6.45, 7) is 5.72. The molecule has 0 saturated heterocycles. The molecular weight excluding hydrogens is 210 g/mol. The molecule has 0 aliphatic heterocycles. The van der Waals surface area contributed by atoms with E-state index in [-0.39, 0.29) is 0 Å². The predicted octanol–water partition coefficient (Wildman–Crippen LogP) is 3.02. The summed E-state index contributed by atoms with van der Waals surface area (Å²) in [5.74, 6) is 0.949. The lowest BCUT2D eigenvalue weighted by molar-refractivity contribution is 0.383. The molecule has 0 radical (unpaired) electrons. The van der Waals surface area contributed by atoms with Crippen LogP contribution >= 0.6 is 0 Å². The summed E-state index contributed by atoms with van der Waals surface area (Å²) in [5, 5.41) is 3.63. The van der Waals surface area contributed by atoms with Gasteiger partial charge in [-0.15, -0.1) is 0 Å². The Hall–Kier alpha value is -1.02. The molecule has 17 heavy (non-hydrogen) atoms. The van der Waals surface area contributed by atoms with E-state index >= 15 is 0 Å². The van der Waals surface area contributed by atoms with Crippen LogP contribution in [0.4, 0.5) is 0 Å². The van der Waals surface area contributed by atoms with Gasteiger partial charge in [-0.25, -0.2) is 0 Å². The zero-order valence-electron chi connectivity index (χ0n) is 11.1. The summed E-state index contributed by atoms with van der Waals surface area (Å²) >= 11 is 0. The molecule has 2 nitrogen and oxygen atoms in total. The molecule has 1 N–H and O–H groups in total. The number of hydrogen-bond acceptors (Lipinski definition) is 2. The molecule has 1 aromatic carbocycles. The van der Waals surface area contributed by atoms with Crippen LogP contribution in [0, 0.1) is 5.41 Å². The molecule has 94 valence electrons. The van der Waals surface area contributed by atoms with E-state index in [1.54, 1.807) is 7.11 Å². The third-order valence-corrected chi connectivity index (χ3v) is 4.08. The zero-order valence-corrected chi connectivity index (χ0v) is 11.1. The fraction of sp³-hybridized carbons (Fsp3) is 0.600. The summed E-state index contributed by atoms with van der Waals surface area (Å²) in [4.78, 5) is 0. The molecule has 0 amide bonds. The Balaban J connectivity index is 1.77. The Kier molecular flexibility index (Phi) is 3.72. The molecule has 1 aliphatic carbocycles. The third kappa shape index (κ3) is 3.22. The van der Waals surface area contributed by atoms with Gasteiger partial charge in [-0.05, 0) is 55.8 Å². The largest absolute Gasteiger partial charge is 0.497 e. The maximum Gasteiger partial charge on any atom is 0.119 e. The highest BCUT2D eigenvalue weighted by Crippen LogP contribution is 2.47. The summed E-state index contributed by atoms with van der Waals surface area (Å²) in [6, 6.07) is 8.96. The van der Waals surface area contributed by atoms with E-state index in [2.05, 4.69) is 37.4 Å². The molecule has 2 heteroatoms. The monoisotopic (exact) mass is 233 g/mol. The lowest BCUT2D eigenvalue weighted by Crippen LogP contribution is -2.34. The van der Waals surface area contributed by atoms with E-state index in [4.69, 9.17) is 4.74 Å². The van der Waals surface area contributed by atoms with Crippen molar-refractivity contribution in [2.75, 3.05) is 13.7 Å². The normalized spacial score (nSPS) is 18.8. The zero-order chi connectivity index (χ0) is 12.3. The molecule has 1 aliphatic rings. The van der Waals surface area contributed by atoms with Gasteiger partial charge in [0.25, 0.3) is 0 Å². The number of hydrogen-bond donors (Lipinski definition) is 1. The first-order valence-corrected chi connectivity index (χ1v) is 6.50. The van der Waals surface area contributed by atoms with Crippen LogP contribution in [0.3, 0.4) is 0 Å². The molecule has 1 unspecified atom stereocenters. The second kappa shape index (κ2) is 5.09. The average Bonchev–Trinajstić information content (AvgIpc) is 3.09. The fourth-order valence-electron chi connectivity index (χ4n) is 2.14. The Morgan fingerprint density at radius 2 is 2.18 bits per heavy atom. The second-order valence-electron chi connectivity index (χ2n) is 5.43. The van der Waals surface area contributed by atoms with Gasteiger partial charge in [0.15, 0.2) is 0 Å². The number of methoxy groups -OCH3 is 1. The minimum Gasteiger partial charge on any atom is -0.497 e. The van der Waals surface area contributed by atoms with E-state index in [0.29, 0.717) is 11.5 Å². The maximum atomic E-state index is 5.23. The van der Waals surface area contributed by atoms with Crippen molar-refractivity contribution >= 4 is 0 Å². The van der Waals surface area contributed by atoms with Crippen LogP contribution in [0.25, 0.3) is 0 Å². The quantitative estimate of drug-likeness (QED) is 0.815. The van der Waals surface area contributed by atoms with Crippen molar-refractivity contribution in [2.45, 2.75) is 39.2 Å². The van der Waals surface area contributed by atoms with Gasteiger partial charge in [-0.3, -0.25) is 0 Å². The first-order valence-electron chi connectivity index (χ1n) is 6.50. The Morgan fingerprint density at radius 3 is 2.82 bits per heavy atom. The van der Waals surface area contributed by atoms with Crippen LogP contribution in [0.2, 0.25) is 0 Å². The third-order valence-electron chi connectivity index (χ3n) is 4.08. The molecule has 1 atom stereocenters. The summed E-state index contributed by atoms with van der Waals surface area (Å²) < 4.78 is 5.23. The molecule has 0 spiro atoms. The van der Waals surface area contributed by atoms with E-state index < -0.39 is 0 Å². The van der Waals surface area contributed by atoms with Gasteiger partial charge in [-0.1, -0.05) is 19.1 Å². The summed E-state index contributed by atoms with van der Waals surface area (Å²) in [7, 11) is 1.72. The molecule has 0 aromatic heterocycles. The number of nitrogens with one attached hydrogen (secondary N) is 1. The van der Waals surface area contributed by atoms with Gasteiger partial charge in [0.05, 0.1) is 7.11 Å². The smallest absolute Gasteiger partial charge is 0.119 e. The highest BCUT2D eigenvalue weighted by atomic mass is 16.5. The minimum atomic E-state index is 0.564. The van der Waals surface area contributed by atoms with Crippen molar-refractivity contribution in [1.29, 1.82) is 0 Å². The van der Waals surface area contributed by atoms with E-state index in [0.717, 1.165) is 18.7 Å². The molecule has 1 fully saturated rings. The Bertz CT molecular complexity index is 371. The maximum absolute atomic E-state index is 5.23.